The predicted molar refractivity (Wildman–Crippen MR) is 133 cm³/mol. The zero-order chi connectivity index (χ0) is 25.4. The van der Waals surface area contributed by atoms with Crippen LogP contribution < -0.4 is 0 Å². The van der Waals surface area contributed by atoms with Gasteiger partial charge in [-0.15, -0.1) is 0 Å². The topological polar surface area (TPSA) is 36.9 Å². The van der Waals surface area contributed by atoms with Crippen LogP contribution in [0.1, 0.15) is 83.1 Å². The van der Waals surface area contributed by atoms with Gasteiger partial charge in [0.25, 0.3) is 0 Å². The van der Waals surface area contributed by atoms with E-state index in [9.17, 15) is 0 Å². The van der Waals surface area contributed by atoms with Gasteiger partial charge in [-0.05, 0) is 0 Å². The summed E-state index contributed by atoms with van der Waals surface area (Å²) in [6, 6.07) is 0. The van der Waals surface area contributed by atoms with Crippen molar-refractivity contribution in [1.82, 2.24) is 0 Å². The van der Waals surface area contributed by atoms with Gasteiger partial charge in [-0.2, -0.15) is 0 Å². The molecule has 34 heavy (non-hydrogen) atoms. The monoisotopic (exact) mass is 1010 g/mol. The normalized spacial score (nSPS) is 39.5. The molecule has 0 aliphatic carbocycles. The van der Waals surface area contributed by atoms with Crippen LogP contribution in [0.25, 0.3) is 0 Å². The zero-order valence-electron chi connectivity index (χ0n) is 24.1. The Hall–Kier alpha value is 4.28. The molecule has 2 heterocycles. The van der Waals surface area contributed by atoms with Crippen molar-refractivity contribution >= 4 is 11.6 Å². The van der Waals surface area contributed by atoms with Crippen LogP contribution >= 0.6 is 11.6 Å². The van der Waals surface area contributed by atoms with Crippen LogP contribution in [0, 0.1) is 22.7 Å². The first-order valence-corrected chi connectivity index (χ1v) is 24.4. The largest absolute Gasteiger partial charge is 0 e. The van der Waals surface area contributed by atoms with Crippen LogP contribution in [0.15, 0.2) is 0 Å². The fraction of sp³-hybridized carbons (Fsp3) is 1.00. The standard InChI is InChI=1S/2C12H25O2P.2W.2Y/c2*1-8-11(4,5)9(2)13-12(8,6)10(3)14-15-7;;;;/h2*8-10,15H,1-7H3;;;;/t2*8-,9-,10?,12-;;;;/m00..../s1. The maximum Gasteiger partial charge on any atom is 0 e. The second-order valence-electron chi connectivity index (χ2n) is 11.5. The third-order valence-corrected chi connectivity index (χ3v) is 12.7. The molecule has 0 saturated carbocycles. The van der Waals surface area contributed by atoms with Crippen LogP contribution in [0.3, 0.4) is 0 Å². The third kappa shape index (κ3) is 9.14. The number of rotatable bonds is 6. The molecule has 0 spiro atoms. The summed E-state index contributed by atoms with van der Waals surface area (Å²) < 4.78 is 24.6. The molecule has 0 aromatic rings. The van der Waals surface area contributed by atoms with E-state index in [1.165, 1.54) is 0 Å². The molecule has 198 valence electrons. The van der Waals surface area contributed by atoms with E-state index >= 15 is 0 Å². The molecule has 2 radical (unpaired) electrons. The quantitative estimate of drug-likeness (QED) is 0.272. The Morgan fingerprint density at radius 2 is 0.882 bits per heavy atom. The first-order chi connectivity index (χ1) is 14.2. The average Bonchev–Trinajstić information content (AvgIpc) is 2.90. The van der Waals surface area contributed by atoms with Gasteiger partial charge in [0.2, 0.25) is 0 Å². The molecule has 4 nitrogen and oxygen atoms in total. The maximum absolute atomic E-state index is 6.24. The minimum absolute atomic E-state index is 0. The van der Waals surface area contributed by atoms with Crippen LogP contribution in [-0.4, -0.2) is 48.9 Å². The van der Waals surface area contributed by atoms with Crippen LogP contribution in [0.2, 0.25) is 0 Å². The van der Waals surface area contributed by atoms with Gasteiger partial charge in [0.15, 0.2) is 0 Å². The molecule has 2 aliphatic rings. The molecule has 2 rings (SSSR count). The predicted octanol–water partition coefficient (Wildman–Crippen LogP) is 6.90. The molecular formula is C24H50O4P2W2Y2. The van der Waals surface area contributed by atoms with Gasteiger partial charge in [0.05, 0.1) is 0 Å². The van der Waals surface area contributed by atoms with E-state index < -0.39 is 11.6 Å². The van der Waals surface area contributed by atoms with Gasteiger partial charge in [-0.25, -0.2) is 0 Å². The minimum atomic E-state index is -0.582. The molecule has 0 N–H and O–H groups in total. The molecule has 10 atom stereocenters. The molecule has 0 aromatic carbocycles. The van der Waals surface area contributed by atoms with Gasteiger partial charge in [-0.1, -0.05) is 0 Å². The van der Waals surface area contributed by atoms with E-state index in [1.54, 1.807) is 37.6 Å². The van der Waals surface area contributed by atoms with Gasteiger partial charge in [0, 0.05) is 65.4 Å². The van der Waals surface area contributed by atoms with Gasteiger partial charge in [-0.3, -0.25) is 0 Å². The first kappa shape index (κ1) is 40.4. The molecule has 2 aliphatic heterocycles. The summed E-state index contributed by atoms with van der Waals surface area (Å²) in [6.07, 6.45) is 0.997. The van der Waals surface area contributed by atoms with E-state index in [2.05, 4.69) is 96.4 Å². The van der Waals surface area contributed by atoms with Crippen molar-refractivity contribution in [2.75, 3.05) is 13.3 Å². The number of hydrogen-bond donors (Lipinski definition) is 0. The Morgan fingerprint density at radius 3 is 1.03 bits per heavy atom. The van der Waals surface area contributed by atoms with E-state index in [1.807, 2.05) is 0 Å². The second kappa shape index (κ2) is 15.5. The van der Waals surface area contributed by atoms with Crippen molar-refractivity contribution in [3.05, 3.63) is 0 Å². The van der Waals surface area contributed by atoms with Crippen LogP contribution in [0.5, 0.6) is 0 Å². The summed E-state index contributed by atoms with van der Waals surface area (Å²) in [5, 5.41) is 0. The average molecular weight is 1010 g/mol. The molecule has 2 fully saturated rings. The van der Waals surface area contributed by atoms with E-state index in [0.717, 1.165) is 0 Å². The Morgan fingerprint density at radius 1 is 0.647 bits per heavy atom. The maximum atomic E-state index is 6.24. The summed E-state index contributed by atoms with van der Waals surface area (Å²) in [6.45, 7) is 31.4. The van der Waals surface area contributed by atoms with Crippen molar-refractivity contribution in [3.63, 3.8) is 0 Å². The Bertz CT molecular complexity index is 654. The molecule has 2 unspecified atom stereocenters. The van der Waals surface area contributed by atoms with Crippen molar-refractivity contribution in [2.24, 2.45) is 22.7 Å². The Kier molecular flexibility index (Phi) is 18.4. The molecule has 0 aromatic heterocycles. The summed E-state index contributed by atoms with van der Waals surface area (Å²) in [5.74, 6) is -0.134. The summed E-state index contributed by atoms with van der Waals surface area (Å²) in [5.41, 5.74) is 0.190. The zero-order valence-corrected chi connectivity index (χ0v) is 37.6. The van der Waals surface area contributed by atoms with Crippen molar-refractivity contribution in [1.29, 1.82) is 0 Å². The van der Waals surface area contributed by atoms with Gasteiger partial charge < -0.3 is 0 Å². The first-order valence-electron chi connectivity index (χ1n) is 11.9. The fourth-order valence-electron chi connectivity index (χ4n) is 5.08. The molecule has 2 saturated heterocycles. The van der Waals surface area contributed by atoms with Crippen molar-refractivity contribution < 1.29 is 122 Å². The van der Waals surface area contributed by atoms with Gasteiger partial charge >= 0.3 is 222 Å². The van der Waals surface area contributed by atoms with E-state index in [0.29, 0.717) is 24.0 Å². The minimum Gasteiger partial charge on any atom is 0 e. The van der Waals surface area contributed by atoms with Crippen LogP contribution in [0.4, 0.5) is 0 Å². The van der Waals surface area contributed by atoms with Crippen LogP contribution in [-0.2, 0) is 122 Å². The van der Waals surface area contributed by atoms with E-state index in [4.69, 9.17) is 18.5 Å². The molecule has 0 amide bonds. The fourth-order valence-corrected chi connectivity index (χ4v) is 9.65. The Balaban J connectivity index is 0. The van der Waals surface area contributed by atoms with E-state index in [-0.39, 0.29) is 99.7 Å². The third-order valence-electron chi connectivity index (χ3n) is 9.21. The number of hydrogen-bond acceptors (Lipinski definition) is 4. The van der Waals surface area contributed by atoms with Crippen molar-refractivity contribution in [3.8, 4) is 0 Å². The smallest absolute Gasteiger partial charge is 0 e. The van der Waals surface area contributed by atoms with Gasteiger partial charge in [0.1, 0.15) is 0 Å². The molecule has 0 bridgehead atoms. The van der Waals surface area contributed by atoms with Crippen molar-refractivity contribution in [2.45, 2.75) is 119 Å². The molecular weight excluding hydrogens is 960 g/mol. The summed E-state index contributed by atoms with van der Waals surface area (Å²) >= 11 is 3.15. The number of ether oxygens (including phenoxy) is 2. The summed E-state index contributed by atoms with van der Waals surface area (Å²) in [7, 11) is 0. The molecule has 10 heteroatoms. The SMILES string of the molecule is CC(O[P@@H](C)=[W])[C@@]1(C)O[C@@H](C)C(C)(C)[C@@H]1C.CC(O[P@H](C)=[W])[C@@]1(C)O[C@@H](C)C(C)(C)[C@@H]1C.[Y].[Y]. The summed E-state index contributed by atoms with van der Waals surface area (Å²) in [4.78, 5) is 0. The Labute approximate surface area is 284 Å². The second-order valence-corrected chi connectivity index (χ2v) is 26.3.